The fraction of sp³-hybridized carbons (Fsp3) is 0.133. The molecule has 0 atom stereocenters. The van der Waals surface area contributed by atoms with Gasteiger partial charge in [-0.1, -0.05) is 28.1 Å². The number of hydrogen-bond donors (Lipinski definition) is 2. The third-order valence-electron chi connectivity index (χ3n) is 2.81. The van der Waals surface area contributed by atoms with Crippen LogP contribution in [-0.2, 0) is 6.54 Å². The Morgan fingerprint density at radius 1 is 1.25 bits per heavy atom. The summed E-state index contributed by atoms with van der Waals surface area (Å²) < 4.78 is 5.93. The number of carbonyl (C=O) groups is 1. The zero-order valence-electron chi connectivity index (χ0n) is 10.9. The first-order valence-electron chi connectivity index (χ1n) is 6.00. The number of ether oxygens (including phenoxy) is 1. The van der Waals surface area contributed by atoms with Crippen LogP contribution in [0.15, 0.2) is 46.9 Å². The number of methoxy groups -OCH3 is 1. The van der Waals surface area contributed by atoms with E-state index in [0.717, 1.165) is 10.0 Å². The average Bonchev–Trinajstić information content (AvgIpc) is 2.46. The Morgan fingerprint density at radius 2 is 1.95 bits per heavy atom. The van der Waals surface area contributed by atoms with Crippen LogP contribution in [0.5, 0.6) is 11.5 Å². The van der Waals surface area contributed by atoms with E-state index < -0.39 is 0 Å². The van der Waals surface area contributed by atoms with Crippen molar-refractivity contribution in [2.24, 2.45) is 0 Å². The van der Waals surface area contributed by atoms with Crippen LogP contribution in [0.1, 0.15) is 15.9 Å². The van der Waals surface area contributed by atoms with Gasteiger partial charge in [0.25, 0.3) is 5.91 Å². The smallest absolute Gasteiger partial charge is 0.251 e. The molecule has 5 heteroatoms. The molecule has 2 N–H and O–H groups in total. The normalized spacial score (nSPS) is 10.1. The van der Waals surface area contributed by atoms with Crippen molar-refractivity contribution in [3.8, 4) is 11.5 Å². The predicted molar refractivity (Wildman–Crippen MR) is 80.0 cm³/mol. The van der Waals surface area contributed by atoms with E-state index >= 15 is 0 Å². The Balaban J connectivity index is 2.01. The quantitative estimate of drug-likeness (QED) is 0.902. The molecular weight excluding hydrogens is 322 g/mol. The Morgan fingerprint density at radius 3 is 2.55 bits per heavy atom. The summed E-state index contributed by atoms with van der Waals surface area (Å²) in [4.78, 5) is 12.0. The van der Waals surface area contributed by atoms with Crippen molar-refractivity contribution in [3.63, 3.8) is 0 Å². The van der Waals surface area contributed by atoms with Crippen LogP contribution < -0.4 is 10.1 Å². The predicted octanol–water partition coefficient (Wildman–Crippen LogP) is 3.09. The minimum atomic E-state index is -0.245. The molecule has 1 amide bonds. The third-order valence-corrected chi connectivity index (χ3v) is 3.34. The van der Waals surface area contributed by atoms with Crippen molar-refractivity contribution in [1.82, 2.24) is 5.32 Å². The maximum Gasteiger partial charge on any atom is 0.251 e. The summed E-state index contributed by atoms with van der Waals surface area (Å²) in [7, 11) is 1.46. The highest BCUT2D eigenvalue weighted by molar-refractivity contribution is 9.10. The van der Waals surface area contributed by atoms with Crippen LogP contribution in [0, 0.1) is 0 Å². The van der Waals surface area contributed by atoms with Crippen molar-refractivity contribution in [3.05, 3.63) is 58.1 Å². The van der Waals surface area contributed by atoms with Gasteiger partial charge in [-0.25, -0.2) is 0 Å². The van der Waals surface area contributed by atoms with Gasteiger partial charge in [0, 0.05) is 16.6 Å². The van der Waals surface area contributed by atoms with Crippen molar-refractivity contribution in [2.75, 3.05) is 7.11 Å². The molecule has 0 aromatic heterocycles. The van der Waals surface area contributed by atoms with E-state index in [2.05, 4.69) is 21.2 Å². The standard InChI is InChI=1S/C15H14BrNO3/c1-20-14-7-4-11(8-13(14)18)15(19)17-9-10-2-5-12(16)6-3-10/h2-8,18H,9H2,1H3,(H,17,19). The van der Waals surface area contributed by atoms with Gasteiger partial charge < -0.3 is 15.2 Å². The van der Waals surface area contributed by atoms with Gasteiger partial charge in [-0.05, 0) is 35.9 Å². The van der Waals surface area contributed by atoms with Gasteiger partial charge in [-0.15, -0.1) is 0 Å². The van der Waals surface area contributed by atoms with E-state index in [-0.39, 0.29) is 11.7 Å². The molecule has 2 aromatic carbocycles. The number of aromatic hydroxyl groups is 1. The number of halogens is 1. The first kappa shape index (κ1) is 14.4. The maximum atomic E-state index is 12.0. The highest BCUT2D eigenvalue weighted by Gasteiger charge is 2.09. The second-order valence-electron chi connectivity index (χ2n) is 4.20. The van der Waals surface area contributed by atoms with Crippen molar-refractivity contribution < 1.29 is 14.6 Å². The minimum absolute atomic E-state index is 0.0520. The van der Waals surface area contributed by atoms with Gasteiger partial charge in [0.2, 0.25) is 0 Å². The second-order valence-corrected chi connectivity index (χ2v) is 5.11. The molecule has 0 spiro atoms. The summed E-state index contributed by atoms with van der Waals surface area (Å²) >= 11 is 3.36. The summed E-state index contributed by atoms with van der Waals surface area (Å²) in [6.45, 7) is 0.429. The molecule has 0 radical (unpaired) electrons. The summed E-state index contributed by atoms with van der Waals surface area (Å²) in [5.41, 5.74) is 1.39. The molecule has 0 fully saturated rings. The first-order chi connectivity index (χ1) is 9.60. The molecule has 0 aliphatic rings. The molecule has 104 valence electrons. The molecule has 4 nitrogen and oxygen atoms in total. The van der Waals surface area contributed by atoms with Gasteiger partial charge >= 0.3 is 0 Å². The number of carbonyl (C=O) groups excluding carboxylic acids is 1. The number of phenolic OH excluding ortho intramolecular Hbond substituents is 1. The molecule has 0 bridgehead atoms. The van der Waals surface area contributed by atoms with Gasteiger partial charge in [-0.3, -0.25) is 4.79 Å². The lowest BCUT2D eigenvalue weighted by atomic mass is 10.1. The van der Waals surface area contributed by atoms with Crippen LogP contribution in [0.3, 0.4) is 0 Å². The van der Waals surface area contributed by atoms with Crippen molar-refractivity contribution in [1.29, 1.82) is 0 Å². The summed E-state index contributed by atoms with van der Waals surface area (Å²) in [5.74, 6) is 0.0455. The van der Waals surface area contributed by atoms with E-state index in [1.807, 2.05) is 24.3 Å². The highest BCUT2D eigenvalue weighted by atomic mass is 79.9. The van der Waals surface area contributed by atoms with Crippen LogP contribution in [0.25, 0.3) is 0 Å². The molecule has 0 saturated heterocycles. The zero-order valence-corrected chi connectivity index (χ0v) is 12.5. The van der Waals surface area contributed by atoms with Gasteiger partial charge in [-0.2, -0.15) is 0 Å². The molecule has 0 heterocycles. The largest absolute Gasteiger partial charge is 0.504 e. The van der Waals surface area contributed by atoms with Gasteiger partial charge in [0.1, 0.15) is 0 Å². The number of phenols is 1. The molecule has 0 aliphatic heterocycles. The molecule has 20 heavy (non-hydrogen) atoms. The fourth-order valence-electron chi connectivity index (χ4n) is 1.72. The Bertz CT molecular complexity index is 611. The Labute approximate surface area is 125 Å². The average molecular weight is 336 g/mol. The fourth-order valence-corrected chi connectivity index (χ4v) is 1.98. The summed E-state index contributed by atoms with van der Waals surface area (Å²) in [5, 5.41) is 12.4. The lowest BCUT2D eigenvalue weighted by Crippen LogP contribution is -2.22. The molecular formula is C15H14BrNO3. The summed E-state index contributed by atoms with van der Waals surface area (Å²) in [6.07, 6.45) is 0. The number of benzene rings is 2. The van der Waals surface area contributed by atoms with E-state index in [1.54, 1.807) is 12.1 Å². The zero-order chi connectivity index (χ0) is 14.5. The Hall–Kier alpha value is -2.01. The molecule has 0 saturated carbocycles. The van der Waals surface area contributed by atoms with E-state index in [9.17, 15) is 9.90 Å². The molecule has 0 aliphatic carbocycles. The lowest BCUT2D eigenvalue weighted by Gasteiger charge is -2.08. The van der Waals surface area contributed by atoms with E-state index in [1.165, 1.54) is 13.2 Å². The third kappa shape index (κ3) is 3.51. The van der Waals surface area contributed by atoms with Gasteiger partial charge in [0.15, 0.2) is 11.5 Å². The number of nitrogens with one attached hydrogen (secondary N) is 1. The Kier molecular flexibility index (Phi) is 4.63. The molecule has 0 unspecified atom stereocenters. The minimum Gasteiger partial charge on any atom is -0.504 e. The van der Waals surface area contributed by atoms with Crippen LogP contribution in [0.2, 0.25) is 0 Å². The SMILES string of the molecule is COc1ccc(C(=O)NCc2ccc(Br)cc2)cc1O. The molecule has 2 rings (SSSR count). The summed E-state index contributed by atoms with van der Waals surface area (Å²) in [6, 6.07) is 12.2. The second kappa shape index (κ2) is 6.43. The first-order valence-corrected chi connectivity index (χ1v) is 6.79. The van der Waals surface area contributed by atoms with Crippen molar-refractivity contribution >= 4 is 21.8 Å². The number of amides is 1. The van der Waals surface area contributed by atoms with E-state index in [4.69, 9.17) is 4.74 Å². The highest BCUT2D eigenvalue weighted by Crippen LogP contribution is 2.26. The maximum absolute atomic E-state index is 12.0. The lowest BCUT2D eigenvalue weighted by molar-refractivity contribution is 0.0950. The van der Waals surface area contributed by atoms with Crippen molar-refractivity contribution in [2.45, 2.75) is 6.54 Å². The monoisotopic (exact) mass is 335 g/mol. The van der Waals surface area contributed by atoms with Crippen LogP contribution >= 0.6 is 15.9 Å². The number of hydrogen-bond acceptors (Lipinski definition) is 3. The van der Waals surface area contributed by atoms with E-state index in [0.29, 0.717) is 17.9 Å². The molecule has 2 aromatic rings. The van der Waals surface area contributed by atoms with Crippen LogP contribution in [-0.4, -0.2) is 18.1 Å². The van der Waals surface area contributed by atoms with Gasteiger partial charge in [0.05, 0.1) is 7.11 Å². The van der Waals surface area contributed by atoms with Crippen LogP contribution in [0.4, 0.5) is 0 Å². The topological polar surface area (TPSA) is 58.6 Å². The number of rotatable bonds is 4.